The summed E-state index contributed by atoms with van der Waals surface area (Å²) >= 11 is 0. The molecule has 0 N–H and O–H groups in total. The Morgan fingerprint density at radius 2 is 1.96 bits per heavy atom. The predicted molar refractivity (Wildman–Crippen MR) is 104 cm³/mol. The van der Waals surface area contributed by atoms with Gasteiger partial charge in [-0.15, -0.1) is 0 Å². The molecular weight excluding hydrogens is 328 g/mol. The van der Waals surface area contributed by atoms with E-state index in [-0.39, 0.29) is 5.56 Å². The largest absolute Gasteiger partial charge is 0.383 e. The summed E-state index contributed by atoms with van der Waals surface area (Å²) in [5.74, 6) is 0.729. The third-order valence-corrected chi connectivity index (χ3v) is 5.21. The summed E-state index contributed by atoms with van der Waals surface area (Å²) in [7, 11) is 1.70. The SMILES string of the molecule is CCc1c(C)nc2n(c1=O)CN(CCOC)CN2c1cccc(C)c1C. The molecule has 0 aliphatic carbocycles. The number of hydrogen-bond acceptors (Lipinski definition) is 5. The van der Waals surface area contributed by atoms with Gasteiger partial charge in [-0.2, -0.15) is 0 Å². The maximum Gasteiger partial charge on any atom is 0.259 e. The molecular formula is C20H28N4O2. The van der Waals surface area contributed by atoms with Crippen LogP contribution in [0.5, 0.6) is 0 Å². The van der Waals surface area contributed by atoms with Crippen LogP contribution < -0.4 is 10.5 Å². The van der Waals surface area contributed by atoms with Crippen LogP contribution in [0.2, 0.25) is 0 Å². The molecule has 0 unspecified atom stereocenters. The van der Waals surface area contributed by atoms with E-state index >= 15 is 0 Å². The highest BCUT2D eigenvalue weighted by Gasteiger charge is 2.28. The zero-order valence-electron chi connectivity index (χ0n) is 16.4. The Hall–Kier alpha value is -2.18. The molecule has 0 bridgehead atoms. The van der Waals surface area contributed by atoms with Crippen LogP contribution in [0.1, 0.15) is 29.3 Å². The Morgan fingerprint density at radius 3 is 2.65 bits per heavy atom. The lowest BCUT2D eigenvalue weighted by atomic mass is 10.1. The van der Waals surface area contributed by atoms with E-state index in [4.69, 9.17) is 9.72 Å². The monoisotopic (exact) mass is 356 g/mol. The molecule has 6 heteroatoms. The zero-order chi connectivity index (χ0) is 18.8. The molecule has 0 spiro atoms. The molecule has 1 aliphatic heterocycles. The van der Waals surface area contributed by atoms with Gasteiger partial charge in [0.1, 0.15) is 0 Å². The average Bonchev–Trinajstić information content (AvgIpc) is 2.62. The molecule has 1 aromatic heterocycles. The van der Waals surface area contributed by atoms with Crippen LogP contribution in [-0.4, -0.2) is 41.4 Å². The number of rotatable bonds is 5. The van der Waals surface area contributed by atoms with Gasteiger partial charge in [0, 0.05) is 30.6 Å². The topological polar surface area (TPSA) is 50.6 Å². The second-order valence-electron chi connectivity index (χ2n) is 6.88. The number of methoxy groups -OCH3 is 1. The minimum Gasteiger partial charge on any atom is -0.383 e. The molecule has 1 aliphatic rings. The number of ether oxygens (including phenoxy) is 1. The summed E-state index contributed by atoms with van der Waals surface area (Å²) < 4.78 is 7.05. The van der Waals surface area contributed by atoms with Gasteiger partial charge in [-0.3, -0.25) is 19.2 Å². The number of anilines is 2. The standard InChI is InChI=1S/C20H28N4O2/c1-6-17-16(4)21-20-23(18-9-7-8-14(2)15(18)3)12-22(10-11-26-5)13-24(20)19(17)25/h7-9H,6,10-13H2,1-5H3. The number of benzene rings is 1. The maximum atomic E-state index is 13.1. The summed E-state index contributed by atoms with van der Waals surface area (Å²) in [5, 5.41) is 0. The van der Waals surface area contributed by atoms with E-state index in [0.29, 0.717) is 26.4 Å². The highest BCUT2D eigenvalue weighted by atomic mass is 16.5. The Kier molecular flexibility index (Phi) is 5.44. The van der Waals surface area contributed by atoms with Crippen molar-refractivity contribution >= 4 is 11.6 Å². The number of aromatic nitrogens is 2. The lowest BCUT2D eigenvalue weighted by Crippen LogP contribution is -2.49. The Balaban J connectivity index is 2.16. The molecule has 0 saturated heterocycles. The van der Waals surface area contributed by atoms with Crippen LogP contribution in [0, 0.1) is 20.8 Å². The molecule has 6 nitrogen and oxygen atoms in total. The van der Waals surface area contributed by atoms with Crippen molar-refractivity contribution in [2.45, 2.75) is 40.8 Å². The van der Waals surface area contributed by atoms with Crippen LogP contribution in [-0.2, 0) is 17.8 Å². The fourth-order valence-electron chi connectivity index (χ4n) is 3.51. The maximum absolute atomic E-state index is 13.1. The molecule has 0 saturated carbocycles. The molecule has 0 fully saturated rings. The first-order valence-electron chi connectivity index (χ1n) is 9.13. The molecule has 0 radical (unpaired) electrons. The van der Waals surface area contributed by atoms with Crippen molar-refractivity contribution in [2.24, 2.45) is 0 Å². The Bertz CT molecular complexity index is 860. The third-order valence-electron chi connectivity index (χ3n) is 5.21. The lowest BCUT2D eigenvalue weighted by Gasteiger charge is -2.39. The van der Waals surface area contributed by atoms with Gasteiger partial charge >= 0.3 is 0 Å². The van der Waals surface area contributed by atoms with Crippen molar-refractivity contribution in [2.75, 3.05) is 31.8 Å². The fourth-order valence-corrected chi connectivity index (χ4v) is 3.51. The summed E-state index contributed by atoms with van der Waals surface area (Å²) in [6, 6.07) is 6.26. The summed E-state index contributed by atoms with van der Waals surface area (Å²) in [6.07, 6.45) is 0.694. The Morgan fingerprint density at radius 1 is 1.19 bits per heavy atom. The number of aryl methyl sites for hydroxylation is 2. The van der Waals surface area contributed by atoms with Crippen LogP contribution in [0.15, 0.2) is 23.0 Å². The Labute approximate surface area is 155 Å². The van der Waals surface area contributed by atoms with Crippen molar-refractivity contribution in [3.05, 3.63) is 50.9 Å². The molecule has 140 valence electrons. The van der Waals surface area contributed by atoms with Crippen LogP contribution >= 0.6 is 0 Å². The first-order chi connectivity index (χ1) is 12.5. The molecule has 2 aromatic rings. The highest BCUT2D eigenvalue weighted by Crippen LogP contribution is 2.31. The quantitative estimate of drug-likeness (QED) is 0.824. The highest BCUT2D eigenvalue weighted by molar-refractivity contribution is 5.64. The first kappa shape index (κ1) is 18.6. The first-order valence-corrected chi connectivity index (χ1v) is 9.13. The summed E-state index contributed by atoms with van der Waals surface area (Å²) in [4.78, 5) is 22.2. The molecule has 26 heavy (non-hydrogen) atoms. The van der Waals surface area contributed by atoms with E-state index in [0.717, 1.165) is 29.4 Å². The molecule has 3 rings (SSSR count). The van der Waals surface area contributed by atoms with Crippen LogP contribution in [0.3, 0.4) is 0 Å². The normalized spacial score (nSPS) is 14.6. The van der Waals surface area contributed by atoms with Crippen LogP contribution in [0.25, 0.3) is 0 Å². The summed E-state index contributed by atoms with van der Waals surface area (Å²) in [5.41, 5.74) is 5.21. The van der Waals surface area contributed by atoms with Gasteiger partial charge in [-0.1, -0.05) is 19.1 Å². The van der Waals surface area contributed by atoms with Gasteiger partial charge in [0.2, 0.25) is 5.95 Å². The second-order valence-corrected chi connectivity index (χ2v) is 6.88. The van der Waals surface area contributed by atoms with E-state index in [1.165, 1.54) is 11.1 Å². The third kappa shape index (κ3) is 3.27. The summed E-state index contributed by atoms with van der Waals surface area (Å²) in [6.45, 7) is 10.8. The molecule has 0 atom stereocenters. The van der Waals surface area contributed by atoms with Gasteiger partial charge in [0.15, 0.2) is 0 Å². The minimum atomic E-state index is 0.0624. The fraction of sp³-hybridized carbons (Fsp3) is 0.500. The van der Waals surface area contributed by atoms with E-state index in [1.54, 1.807) is 11.7 Å². The minimum absolute atomic E-state index is 0.0624. The number of nitrogens with zero attached hydrogens (tertiary/aromatic N) is 4. The number of hydrogen-bond donors (Lipinski definition) is 0. The van der Waals surface area contributed by atoms with E-state index in [9.17, 15) is 4.79 Å². The molecule has 1 aromatic carbocycles. The van der Waals surface area contributed by atoms with E-state index in [2.05, 4.69) is 41.8 Å². The van der Waals surface area contributed by atoms with E-state index < -0.39 is 0 Å². The van der Waals surface area contributed by atoms with Gasteiger partial charge in [-0.05, 0) is 44.4 Å². The van der Waals surface area contributed by atoms with Crippen molar-refractivity contribution in [1.82, 2.24) is 14.5 Å². The molecule has 0 amide bonds. The van der Waals surface area contributed by atoms with Gasteiger partial charge < -0.3 is 4.74 Å². The van der Waals surface area contributed by atoms with Crippen molar-refractivity contribution in [1.29, 1.82) is 0 Å². The van der Waals surface area contributed by atoms with Crippen molar-refractivity contribution in [3.8, 4) is 0 Å². The van der Waals surface area contributed by atoms with Crippen molar-refractivity contribution in [3.63, 3.8) is 0 Å². The average molecular weight is 356 g/mol. The smallest absolute Gasteiger partial charge is 0.259 e. The predicted octanol–water partition coefficient (Wildman–Crippen LogP) is 2.75. The zero-order valence-corrected chi connectivity index (χ0v) is 16.4. The van der Waals surface area contributed by atoms with Crippen molar-refractivity contribution < 1.29 is 4.74 Å². The van der Waals surface area contributed by atoms with Gasteiger partial charge in [0.05, 0.1) is 19.9 Å². The van der Waals surface area contributed by atoms with E-state index in [1.807, 2.05) is 13.8 Å². The number of fused-ring (bicyclic) bond motifs is 1. The van der Waals surface area contributed by atoms with Gasteiger partial charge in [-0.25, -0.2) is 4.98 Å². The molecule has 2 heterocycles. The second kappa shape index (κ2) is 7.60. The lowest BCUT2D eigenvalue weighted by molar-refractivity contribution is 0.121. The van der Waals surface area contributed by atoms with Gasteiger partial charge in [0.25, 0.3) is 5.56 Å². The van der Waals surface area contributed by atoms with Crippen LogP contribution in [0.4, 0.5) is 11.6 Å².